The number of para-hydroxylation sites is 2. The number of hydrogen-bond donors (Lipinski definition) is 0. The minimum absolute atomic E-state index is 0.601. The Hall–Kier alpha value is -7.69. The van der Waals surface area contributed by atoms with E-state index >= 15 is 0 Å². The van der Waals surface area contributed by atoms with Gasteiger partial charge in [-0.1, -0.05) is 146 Å². The van der Waals surface area contributed by atoms with Gasteiger partial charge < -0.3 is 13.7 Å². The van der Waals surface area contributed by atoms with Crippen LogP contribution in [-0.4, -0.2) is 4.98 Å². The number of benzene rings is 9. The molecule has 0 radical (unpaired) electrons. The number of oxazole rings is 1. The highest BCUT2D eigenvalue weighted by Crippen LogP contribution is 2.43. The van der Waals surface area contributed by atoms with Crippen LogP contribution in [0.4, 0.5) is 17.1 Å². The molecule has 268 valence electrons. The van der Waals surface area contributed by atoms with Crippen LogP contribution in [0.25, 0.3) is 88.6 Å². The van der Waals surface area contributed by atoms with Crippen molar-refractivity contribution in [3.8, 4) is 44.8 Å². The van der Waals surface area contributed by atoms with Crippen molar-refractivity contribution in [1.29, 1.82) is 0 Å². The first-order valence-electron chi connectivity index (χ1n) is 19.2. The molecule has 0 spiro atoms. The highest BCUT2D eigenvalue weighted by atomic mass is 16.4. The van der Waals surface area contributed by atoms with Gasteiger partial charge in [-0.2, -0.15) is 0 Å². The van der Waals surface area contributed by atoms with Gasteiger partial charge in [-0.3, -0.25) is 0 Å². The van der Waals surface area contributed by atoms with Crippen molar-refractivity contribution >= 4 is 60.9 Å². The van der Waals surface area contributed by atoms with Crippen molar-refractivity contribution in [3.63, 3.8) is 0 Å². The predicted octanol–water partition coefficient (Wildman–Crippen LogP) is 15.0. The quantitative estimate of drug-likeness (QED) is 0.164. The standard InChI is InChI=1S/C53H34N2O2/c1-3-12-35(13-4-1)37-24-28-42(29-25-37)55(49-21-10-9-18-44(49)41-23-22-36-14-7-8-17-40(36)32-41)43-30-26-38(27-31-43)45-19-11-20-46-47-33-48-51(34-50(47)56-52(45)46)57-53(54-48)39-15-5-2-6-16-39/h1-34H. The summed E-state index contributed by atoms with van der Waals surface area (Å²) in [5, 5.41) is 4.50. The third-order valence-electron chi connectivity index (χ3n) is 10.9. The second kappa shape index (κ2) is 13.6. The Labute approximate surface area is 329 Å². The Morgan fingerprint density at radius 3 is 1.75 bits per heavy atom. The summed E-state index contributed by atoms with van der Waals surface area (Å²) in [5.74, 6) is 0.601. The molecule has 0 atom stereocenters. The lowest BCUT2D eigenvalue weighted by molar-refractivity contribution is 0.617. The van der Waals surface area contributed by atoms with E-state index in [4.69, 9.17) is 13.8 Å². The number of nitrogens with zero attached hydrogens (tertiary/aromatic N) is 2. The zero-order valence-electron chi connectivity index (χ0n) is 30.8. The summed E-state index contributed by atoms with van der Waals surface area (Å²) in [5.41, 5.74) is 14.1. The van der Waals surface area contributed by atoms with Crippen molar-refractivity contribution in [2.24, 2.45) is 0 Å². The minimum Gasteiger partial charge on any atom is -0.455 e. The zero-order chi connectivity index (χ0) is 37.7. The SMILES string of the molecule is c1ccc(-c2ccc(N(c3ccc(-c4cccc5c4oc4cc6oc(-c7ccccc7)nc6cc45)cc3)c3ccccc3-c3ccc4ccccc4c3)cc2)cc1. The van der Waals surface area contributed by atoms with E-state index in [1.807, 2.05) is 36.4 Å². The fourth-order valence-corrected chi connectivity index (χ4v) is 8.07. The van der Waals surface area contributed by atoms with E-state index in [2.05, 4.69) is 175 Å². The normalized spacial score (nSPS) is 11.5. The van der Waals surface area contributed by atoms with Gasteiger partial charge in [0.25, 0.3) is 0 Å². The second-order valence-electron chi connectivity index (χ2n) is 14.4. The first-order chi connectivity index (χ1) is 28.2. The Kier molecular flexibility index (Phi) is 7.78. The van der Waals surface area contributed by atoms with E-state index in [0.717, 1.165) is 66.8 Å². The van der Waals surface area contributed by atoms with Crippen LogP contribution in [0.2, 0.25) is 0 Å². The van der Waals surface area contributed by atoms with Crippen LogP contribution in [0, 0.1) is 0 Å². The summed E-state index contributed by atoms with van der Waals surface area (Å²) in [6, 6.07) is 72.5. The number of furan rings is 1. The molecule has 2 aromatic heterocycles. The van der Waals surface area contributed by atoms with Gasteiger partial charge in [0.1, 0.15) is 16.7 Å². The molecule has 11 aromatic rings. The number of aromatic nitrogens is 1. The molecule has 0 aliphatic heterocycles. The van der Waals surface area contributed by atoms with Crippen molar-refractivity contribution in [1.82, 2.24) is 4.98 Å². The summed E-state index contributed by atoms with van der Waals surface area (Å²) in [6.07, 6.45) is 0. The molecule has 0 N–H and O–H groups in total. The number of fused-ring (bicyclic) bond motifs is 5. The molecule has 4 nitrogen and oxygen atoms in total. The van der Waals surface area contributed by atoms with Crippen LogP contribution in [0.15, 0.2) is 215 Å². The van der Waals surface area contributed by atoms with Crippen LogP contribution in [0.3, 0.4) is 0 Å². The van der Waals surface area contributed by atoms with Crippen molar-refractivity contribution in [3.05, 3.63) is 206 Å². The lowest BCUT2D eigenvalue weighted by atomic mass is 9.98. The fourth-order valence-electron chi connectivity index (χ4n) is 8.07. The zero-order valence-corrected chi connectivity index (χ0v) is 30.8. The average Bonchev–Trinajstić information content (AvgIpc) is 3.87. The number of rotatable bonds is 7. The molecule has 0 fully saturated rings. The van der Waals surface area contributed by atoms with E-state index in [1.165, 1.54) is 27.5 Å². The van der Waals surface area contributed by atoms with Crippen molar-refractivity contribution < 1.29 is 8.83 Å². The van der Waals surface area contributed by atoms with Crippen molar-refractivity contribution in [2.45, 2.75) is 0 Å². The molecule has 0 saturated carbocycles. The lowest BCUT2D eigenvalue weighted by Gasteiger charge is -2.28. The molecule has 0 saturated heterocycles. The predicted molar refractivity (Wildman–Crippen MR) is 235 cm³/mol. The smallest absolute Gasteiger partial charge is 0.227 e. The number of anilines is 3. The van der Waals surface area contributed by atoms with Crippen LogP contribution < -0.4 is 4.90 Å². The van der Waals surface area contributed by atoms with E-state index < -0.39 is 0 Å². The molecule has 0 amide bonds. The van der Waals surface area contributed by atoms with E-state index in [-0.39, 0.29) is 0 Å². The molecule has 0 bridgehead atoms. The van der Waals surface area contributed by atoms with Gasteiger partial charge in [-0.25, -0.2) is 4.98 Å². The van der Waals surface area contributed by atoms with Gasteiger partial charge in [-0.15, -0.1) is 0 Å². The summed E-state index contributed by atoms with van der Waals surface area (Å²) in [6.45, 7) is 0. The molecule has 11 rings (SSSR count). The maximum Gasteiger partial charge on any atom is 0.227 e. The summed E-state index contributed by atoms with van der Waals surface area (Å²) < 4.78 is 12.8. The topological polar surface area (TPSA) is 42.4 Å². The highest BCUT2D eigenvalue weighted by Gasteiger charge is 2.20. The van der Waals surface area contributed by atoms with Gasteiger partial charge in [0.15, 0.2) is 5.58 Å². The van der Waals surface area contributed by atoms with Crippen LogP contribution in [0.5, 0.6) is 0 Å². The summed E-state index contributed by atoms with van der Waals surface area (Å²) in [7, 11) is 0. The lowest BCUT2D eigenvalue weighted by Crippen LogP contribution is -2.11. The molecular formula is C53H34N2O2. The Morgan fingerprint density at radius 2 is 0.982 bits per heavy atom. The third-order valence-corrected chi connectivity index (χ3v) is 10.9. The first-order valence-corrected chi connectivity index (χ1v) is 19.2. The van der Waals surface area contributed by atoms with E-state index in [0.29, 0.717) is 11.5 Å². The third kappa shape index (κ3) is 5.83. The van der Waals surface area contributed by atoms with Gasteiger partial charge in [0, 0.05) is 44.9 Å². The fraction of sp³-hybridized carbons (Fsp3) is 0. The Balaban J connectivity index is 1.01. The maximum absolute atomic E-state index is 6.62. The molecule has 0 aliphatic carbocycles. The van der Waals surface area contributed by atoms with Gasteiger partial charge in [0.05, 0.1) is 5.69 Å². The Bertz CT molecular complexity index is 3220. The van der Waals surface area contributed by atoms with Gasteiger partial charge in [-0.05, 0) is 87.6 Å². The summed E-state index contributed by atoms with van der Waals surface area (Å²) in [4.78, 5) is 7.18. The van der Waals surface area contributed by atoms with Crippen LogP contribution in [0.1, 0.15) is 0 Å². The molecule has 0 aliphatic rings. The van der Waals surface area contributed by atoms with Crippen LogP contribution in [-0.2, 0) is 0 Å². The molecule has 0 unspecified atom stereocenters. The largest absolute Gasteiger partial charge is 0.455 e. The van der Waals surface area contributed by atoms with Crippen LogP contribution >= 0.6 is 0 Å². The van der Waals surface area contributed by atoms with Gasteiger partial charge >= 0.3 is 0 Å². The second-order valence-corrected chi connectivity index (χ2v) is 14.4. The van der Waals surface area contributed by atoms with E-state index in [1.54, 1.807) is 0 Å². The van der Waals surface area contributed by atoms with E-state index in [9.17, 15) is 0 Å². The first kappa shape index (κ1) is 32.7. The molecular weight excluding hydrogens is 697 g/mol. The molecule has 57 heavy (non-hydrogen) atoms. The van der Waals surface area contributed by atoms with Gasteiger partial charge in [0.2, 0.25) is 5.89 Å². The maximum atomic E-state index is 6.62. The van der Waals surface area contributed by atoms with Crippen molar-refractivity contribution in [2.75, 3.05) is 4.90 Å². The molecule has 2 heterocycles. The number of hydrogen-bond acceptors (Lipinski definition) is 4. The Morgan fingerprint density at radius 1 is 0.368 bits per heavy atom. The summed E-state index contributed by atoms with van der Waals surface area (Å²) >= 11 is 0. The molecule has 4 heteroatoms. The minimum atomic E-state index is 0.601. The molecule has 9 aromatic carbocycles. The average molecular weight is 731 g/mol. The highest BCUT2D eigenvalue weighted by molar-refractivity contribution is 6.12. The monoisotopic (exact) mass is 730 g/mol.